The van der Waals surface area contributed by atoms with Gasteiger partial charge < -0.3 is 4.98 Å². The molecular formula is C10H6BrFN2OS. The molecule has 6 heteroatoms. The summed E-state index contributed by atoms with van der Waals surface area (Å²) < 4.78 is 14.4. The van der Waals surface area contributed by atoms with Gasteiger partial charge in [0.15, 0.2) is 4.77 Å². The summed E-state index contributed by atoms with van der Waals surface area (Å²) in [6, 6.07) is 5.74. The molecule has 2 N–H and O–H groups in total. The van der Waals surface area contributed by atoms with Crippen LogP contribution in [0, 0.1) is 10.6 Å². The van der Waals surface area contributed by atoms with Crippen LogP contribution in [0.1, 0.15) is 0 Å². The fraction of sp³-hybridized carbons (Fsp3) is 0. The van der Waals surface area contributed by atoms with Gasteiger partial charge in [-0.05, 0) is 30.4 Å². The Balaban J connectivity index is 2.71. The molecule has 16 heavy (non-hydrogen) atoms. The van der Waals surface area contributed by atoms with Crippen molar-refractivity contribution < 1.29 is 4.39 Å². The highest BCUT2D eigenvalue weighted by Crippen LogP contribution is 2.23. The molecule has 0 aliphatic carbocycles. The Morgan fingerprint density at radius 2 is 2.00 bits per heavy atom. The Labute approximate surface area is 103 Å². The van der Waals surface area contributed by atoms with Crippen LogP contribution in [0.15, 0.2) is 33.5 Å². The van der Waals surface area contributed by atoms with Gasteiger partial charge in [0.05, 0.1) is 5.69 Å². The van der Waals surface area contributed by atoms with E-state index in [1.807, 2.05) is 0 Å². The molecular weight excluding hydrogens is 295 g/mol. The molecule has 82 valence electrons. The quantitative estimate of drug-likeness (QED) is 0.796. The molecule has 0 aliphatic rings. The highest BCUT2D eigenvalue weighted by Gasteiger charge is 2.06. The number of halogens is 2. The number of aromatic amines is 2. The predicted octanol–water partition coefficient (Wildman–Crippen LogP) is 3.00. The molecule has 0 saturated carbocycles. The van der Waals surface area contributed by atoms with Gasteiger partial charge in [-0.25, -0.2) is 4.39 Å². The Hall–Kier alpha value is -1.27. The lowest BCUT2D eigenvalue weighted by Gasteiger charge is -2.03. The average Bonchev–Trinajstić information content (AvgIpc) is 2.20. The number of benzene rings is 1. The highest BCUT2D eigenvalue weighted by atomic mass is 79.9. The van der Waals surface area contributed by atoms with Crippen molar-refractivity contribution in [3.63, 3.8) is 0 Å². The zero-order valence-electron chi connectivity index (χ0n) is 7.88. The molecule has 0 radical (unpaired) electrons. The van der Waals surface area contributed by atoms with Crippen LogP contribution < -0.4 is 5.56 Å². The van der Waals surface area contributed by atoms with Crippen molar-refractivity contribution in [1.29, 1.82) is 0 Å². The van der Waals surface area contributed by atoms with Crippen LogP contribution in [0.5, 0.6) is 0 Å². The fourth-order valence-corrected chi connectivity index (χ4v) is 1.89. The number of rotatable bonds is 1. The van der Waals surface area contributed by atoms with E-state index in [-0.39, 0.29) is 10.3 Å². The van der Waals surface area contributed by atoms with Crippen LogP contribution in [0.25, 0.3) is 11.3 Å². The second-order valence-corrected chi connectivity index (χ2v) is 4.45. The van der Waals surface area contributed by atoms with Crippen molar-refractivity contribution in [2.24, 2.45) is 0 Å². The van der Waals surface area contributed by atoms with E-state index in [4.69, 9.17) is 12.2 Å². The minimum Gasteiger partial charge on any atom is -0.332 e. The second-order valence-electron chi connectivity index (χ2n) is 3.13. The number of aromatic nitrogens is 2. The van der Waals surface area contributed by atoms with Crippen LogP contribution in [-0.2, 0) is 0 Å². The molecule has 0 unspecified atom stereocenters. The molecule has 0 saturated heterocycles. The average molecular weight is 301 g/mol. The fourth-order valence-electron chi connectivity index (χ4n) is 1.32. The van der Waals surface area contributed by atoms with Crippen molar-refractivity contribution in [1.82, 2.24) is 9.97 Å². The molecule has 1 aromatic carbocycles. The SMILES string of the molecule is O=c1cc(-c2cc(Br)ccc2F)[nH]c(=S)[nH]1. The van der Waals surface area contributed by atoms with E-state index in [2.05, 4.69) is 25.9 Å². The van der Waals surface area contributed by atoms with Crippen LogP contribution >= 0.6 is 28.1 Å². The first kappa shape index (κ1) is 11.2. The van der Waals surface area contributed by atoms with Crippen molar-refractivity contribution in [2.45, 2.75) is 0 Å². The number of hydrogen-bond donors (Lipinski definition) is 2. The summed E-state index contributed by atoms with van der Waals surface area (Å²) in [4.78, 5) is 16.3. The lowest BCUT2D eigenvalue weighted by Crippen LogP contribution is -2.06. The van der Waals surface area contributed by atoms with Gasteiger partial charge in [0, 0.05) is 16.1 Å². The molecule has 3 nitrogen and oxygen atoms in total. The molecule has 0 spiro atoms. The lowest BCUT2D eigenvalue weighted by molar-refractivity contribution is 0.630. The minimum atomic E-state index is -0.417. The third-order valence-corrected chi connectivity index (χ3v) is 2.68. The van der Waals surface area contributed by atoms with Gasteiger partial charge in [-0.15, -0.1) is 0 Å². The smallest absolute Gasteiger partial charge is 0.252 e. The maximum Gasteiger partial charge on any atom is 0.252 e. The summed E-state index contributed by atoms with van der Waals surface area (Å²) in [5.41, 5.74) is 0.289. The summed E-state index contributed by atoms with van der Waals surface area (Å²) in [7, 11) is 0. The van der Waals surface area contributed by atoms with Crippen molar-refractivity contribution in [2.75, 3.05) is 0 Å². The zero-order valence-corrected chi connectivity index (χ0v) is 10.3. The van der Waals surface area contributed by atoms with Crippen LogP contribution in [0.3, 0.4) is 0 Å². The Bertz CT molecular complexity index is 622. The number of H-pyrrole nitrogens is 2. The maximum absolute atomic E-state index is 13.5. The maximum atomic E-state index is 13.5. The molecule has 2 rings (SSSR count). The Morgan fingerprint density at radius 3 is 2.69 bits per heavy atom. The van der Waals surface area contributed by atoms with Crippen molar-refractivity contribution in [3.8, 4) is 11.3 Å². The van der Waals surface area contributed by atoms with Gasteiger partial charge in [0.25, 0.3) is 5.56 Å². The van der Waals surface area contributed by atoms with Gasteiger partial charge in [0.1, 0.15) is 5.82 Å². The summed E-state index contributed by atoms with van der Waals surface area (Å²) in [6.45, 7) is 0. The molecule has 0 aliphatic heterocycles. The third-order valence-electron chi connectivity index (χ3n) is 1.98. The van der Waals surface area contributed by atoms with Gasteiger partial charge in [0.2, 0.25) is 0 Å². The molecule has 1 heterocycles. The Morgan fingerprint density at radius 1 is 1.25 bits per heavy atom. The third kappa shape index (κ3) is 2.28. The summed E-state index contributed by atoms with van der Waals surface area (Å²) in [6.07, 6.45) is 0. The normalized spacial score (nSPS) is 10.4. The highest BCUT2D eigenvalue weighted by molar-refractivity contribution is 9.10. The Kier molecular flexibility index (Phi) is 3.02. The summed E-state index contributed by atoms with van der Waals surface area (Å²) >= 11 is 8.06. The second kappa shape index (κ2) is 4.31. The van der Waals surface area contributed by atoms with E-state index < -0.39 is 5.82 Å². The standard InChI is InChI=1S/C10H6BrFN2OS/c11-5-1-2-7(12)6(3-5)8-4-9(15)14-10(16)13-8/h1-4H,(H2,13,14,15,16). The first-order chi connectivity index (χ1) is 7.56. The van der Waals surface area contributed by atoms with Crippen LogP contribution in [0.2, 0.25) is 0 Å². The van der Waals surface area contributed by atoms with Gasteiger partial charge >= 0.3 is 0 Å². The number of nitrogens with one attached hydrogen (secondary N) is 2. The first-order valence-electron chi connectivity index (χ1n) is 4.35. The van der Waals surface area contributed by atoms with Gasteiger partial charge in [-0.2, -0.15) is 0 Å². The molecule has 1 aromatic heterocycles. The molecule has 0 amide bonds. The molecule has 0 bridgehead atoms. The van der Waals surface area contributed by atoms with Crippen LogP contribution in [0.4, 0.5) is 4.39 Å². The minimum absolute atomic E-state index is 0.168. The van der Waals surface area contributed by atoms with E-state index in [1.54, 1.807) is 12.1 Å². The molecule has 0 fully saturated rings. The van der Waals surface area contributed by atoms with E-state index in [0.29, 0.717) is 11.3 Å². The van der Waals surface area contributed by atoms with E-state index in [0.717, 1.165) is 4.47 Å². The first-order valence-corrected chi connectivity index (χ1v) is 5.55. The van der Waals surface area contributed by atoms with Gasteiger partial charge in [-0.3, -0.25) is 9.78 Å². The monoisotopic (exact) mass is 300 g/mol. The topological polar surface area (TPSA) is 48.6 Å². The van der Waals surface area contributed by atoms with E-state index in [9.17, 15) is 9.18 Å². The molecule has 2 aromatic rings. The largest absolute Gasteiger partial charge is 0.332 e. The van der Waals surface area contributed by atoms with Crippen molar-refractivity contribution in [3.05, 3.63) is 49.7 Å². The van der Waals surface area contributed by atoms with E-state index >= 15 is 0 Å². The zero-order chi connectivity index (χ0) is 11.7. The number of hydrogen-bond acceptors (Lipinski definition) is 2. The molecule has 0 atom stereocenters. The summed E-state index contributed by atoms with van der Waals surface area (Å²) in [5.74, 6) is -0.417. The van der Waals surface area contributed by atoms with Crippen molar-refractivity contribution >= 4 is 28.1 Å². The van der Waals surface area contributed by atoms with E-state index in [1.165, 1.54) is 12.1 Å². The predicted molar refractivity (Wildman–Crippen MR) is 65.3 cm³/mol. The lowest BCUT2D eigenvalue weighted by atomic mass is 10.1. The van der Waals surface area contributed by atoms with Gasteiger partial charge in [-0.1, -0.05) is 15.9 Å². The van der Waals surface area contributed by atoms with Crippen LogP contribution in [-0.4, -0.2) is 9.97 Å². The summed E-state index contributed by atoms with van der Waals surface area (Å²) in [5, 5.41) is 0.